The average Bonchev–Trinajstić information content (AvgIpc) is 2.58. The normalized spacial score (nSPS) is 11.4. The van der Waals surface area contributed by atoms with E-state index >= 15 is 0 Å². The number of ether oxygens (including phenoxy) is 3. The lowest BCUT2D eigenvalue weighted by atomic mass is 9.97. The number of carbonyl (C=O) groups excluding carboxylic acids is 2. The molecule has 25 heavy (non-hydrogen) atoms. The molecule has 0 aromatic carbocycles. The van der Waals surface area contributed by atoms with Crippen molar-refractivity contribution in [3.8, 4) is 0 Å². The molecule has 0 fully saturated rings. The van der Waals surface area contributed by atoms with Crippen molar-refractivity contribution >= 4 is 11.9 Å². The Morgan fingerprint density at radius 2 is 1.36 bits per heavy atom. The molecule has 0 atom stereocenters. The van der Waals surface area contributed by atoms with E-state index in [1.807, 2.05) is 13.8 Å². The second-order valence-corrected chi connectivity index (χ2v) is 6.81. The van der Waals surface area contributed by atoms with Gasteiger partial charge in [0, 0.05) is 37.9 Å². The summed E-state index contributed by atoms with van der Waals surface area (Å²) >= 11 is 0. The van der Waals surface area contributed by atoms with Crippen molar-refractivity contribution in [2.75, 3.05) is 39.6 Å². The smallest absolute Gasteiger partial charge is 0.305 e. The fourth-order valence-electron chi connectivity index (χ4n) is 1.82. The summed E-state index contributed by atoms with van der Waals surface area (Å²) in [5.41, 5.74) is -0.251. The maximum Gasteiger partial charge on any atom is 0.305 e. The lowest BCUT2D eigenvalue weighted by Gasteiger charge is -2.21. The topological polar surface area (TPSA) is 102 Å². The zero-order valence-electron chi connectivity index (χ0n) is 15.6. The molecule has 0 rings (SSSR count). The third-order valence-corrected chi connectivity index (χ3v) is 3.44. The molecule has 0 heterocycles. The lowest BCUT2D eigenvalue weighted by Crippen LogP contribution is -2.24. The molecule has 148 valence electrons. The van der Waals surface area contributed by atoms with Crippen LogP contribution < -0.4 is 0 Å². The van der Waals surface area contributed by atoms with Crippen LogP contribution in [0.3, 0.4) is 0 Å². The predicted molar refractivity (Wildman–Crippen MR) is 93.0 cm³/mol. The first-order valence-electron chi connectivity index (χ1n) is 9.02. The first kappa shape index (κ1) is 23.8. The van der Waals surface area contributed by atoms with Gasteiger partial charge in [-0.05, 0) is 25.7 Å². The van der Waals surface area contributed by atoms with Gasteiger partial charge >= 0.3 is 11.9 Å². The zero-order chi connectivity index (χ0) is 19.0. The Kier molecular flexibility index (Phi) is 14.4. The third-order valence-electron chi connectivity index (χ3n) is 3.44. The summed E-state index contributed by atoms with van der Waals surface area (Å²) in [6, 6.07) is 0. The SMILES string of the molecule is CC(C)(CO)COCCCOC(=O)CCCCOC(=O)CCCCO. The van der Waals surface area contributed by atoms with E-state index < -0.39 is 0 Å². The second kappa shape index (κ2) is 15.1. The summed E-state index contributed by atoms with van der Waals surface area (Å²) in [7, 11) is 0. The summed E-state index contributed by atoms with van der Waals surface area (Å²) in [5.74, 6) is -0.523. The summed E-state index contributed by atoms with van der Waals surface area (Å²) in [4.78, 5) is 22.8. The Morgan fingerprint density at radius 3 is 1.92 bits per heavy atom. The highest BCUT2D eigenvalue weighted by atomic mass is 16.5. The van der Waals surface area contributed by atoms with Gasteiger partial charge in [-0.1, -0.05) is 13.8 Å². The van der Waals surface area contributed by atoms with Crippen LogP contribution in [0.1, 0.15) is 58.8 Å². The quantitative estimate of drug-likeness (QED) is 0.319. The minimum atomic E-state index is -0.264. The molecule has 7 heteroatoms. The van der Waals surface area contributed by atoms with E-state index in [9.17, 15) is 9.59 Å². The van der Waals surface area contributed by atoms with Gasteiger partial charge in [0.25, 0.3) is 0 Å². The van der Waals surface area contributed by atoms with Crippen molar-refractivity contribution in [2.24, 2.45) is 5.41 Å². The van der Waals surface area contributed by atoms with Gasteiger partial charge in [-0.25, -0.2) is 0 Å². The van der Waals surface area contributed by atoms with E-state index in [1.54, 1.807) is 0 Å². The molecule has 0 amide bonds. The van der Waals surface area contributed by atoms with E-state index in [-0.39, 0.29) is 30.6 Å². The molecule has 0 aliphatic rings. The van der Waals surface area contributed by atoms with Crippen molar-refractivity contribution in [1.29, 1.82) is 0 Å². The van der Waals surface area contributed by atoms with Gasteiger partial charge in [-0.2, -0.15) is 0 Å². The summed E-state index contributed by atoms with van der Waals surface area (Å²) < 4.78 is 15.5. The van der Waals surface area contributed by atoms with Gasteiger partial charge in [0.15, 0.2) is 0 Å². The van der Waals surface area contributed by atoms with Crippen LogP contribution >= 0.6 is 0 Å². The fraction of sp³-hybridized carbons (Fsp3) is 0.889. The Labute approximate surface area is 150 Å². The molecule has 0 radical (unpaired) electrons. The van der Waals surface area contributed by atoms with Crippen LogP contribution in [-0.2, 0) is 23.8 Å². The van der Waals surface area contributed by atoms with Crippen molar-refractivity contribution in [3.05, 3.63) is 0 Å². The first-order valence-corrected chi connectivity index (χ1v) is 9.02. The molecule has 0 aromatic rings. The Bertz CT molecular complexity index is 355. The second-order valence-electron chi connectivity index (χ2n) is 6.81. The molecule has 0 spiro atoms. The van der Waals surface area contributed by atoms with E-state index in [4.69, 9.17) is 24.4 Å². The van der Waals surface area contributed by atoms with Crippen LogP contribution in [-0.4, -0.2) is 61.8 Å². The van der Waals surface area contributed by atoms with Crippen LogP contribution in [0.2, 0.25) is 0 Å². The van der Waals surface area contributed by atoms with Crippen molar-refractivity contribution in [3.63, 3.8) is 0 Å². The van der Waals surface area contributed by atoms with Crippen molar-refractivity contribution in [2.45, 2.75) is 58.8 Å². The average molecular weight is 362 g/mol. The summed E-state index contributed by atoms with van der Waals surface area (Å²) in [6.07, 6.45) is 3.72. The number of aliphatic hydroxyl groups is 2. The molecule has 0 saturated heterocycles. The van der Waals surface area contributed by atoms with Gasteiger partial charge in [0.2, 0.25) is 0 Å². The van der Waals surface area contributed by atoms with Crippen molar-refractivity contribution in [1.82, 2.24) is 0 Å². The van der Waals surface area contributed by atoms with Crippen LogP contribution in [0.4, 0.5) is 0 Å². The number of aliphatic hydroxyl groups excluding tert-OH is 2. The number of hydrogen-bond donors (Lipinski definition) is 2. The summed E-state index contributed by atoms with van der Waals surface area (Å²) in [6.45, 7) is 5.57. The van der Waals surface area contributed by atoms with Gasteiger partial charge in [0.1, 0.15) is 0 Å². The monoisotopic (exact) mass is 362 g/mol. The largest absolute Gasteiger partial charge is 0.466 e. The van der Waals surface area contributed by atoms with Crippen LogP contribution in [0.15, 0.2) is 0 Å². The van der Waals surface area contributed by atoms with Gasteiger partial charge in [0.05, 0.1) is 26.4 Å². The van der Waals surface area contributed by atoms with E-state index in [0.29, 0.717) is 71.4 Å². The number of rotatable bonds is 16. The lowest BCUT2D eigenvalue weighted by molar-refractivity contribution is -0.144. The Morgan fingerprint density at radius 1 is 0.800 bits per heavy atom. The molecular weight excluding hydrogens is 328 g/mol. The van der Waals surface area contributed by atoms with E-state index in [2.05, 4.69) is 0 Å². The number of unbranched alkanes of at least 4 members (excludes halogenated alkanes) is 2. The Balaban J connectivity index is 3.40. The van der Waals surface area contributed by atoms with Gasteiger partial charge in [-0.15, -0.1) is 0 Å². The van der Waals surface area contributed by atoms with E-state index in [1.165, 1.54) is 0 Å². The Hall–Kier alpha value is -1.18. The predicted octanol–water partition coefficient (Wildman–Crippen LogP) is 1.83. The molecule has 0 aliphatic heterocycles. The molecule has 0 saturated carbocycles. The molecule has 0 aliphatic carbocycles. The van der Waals surface area contributed by atoms with Gasteiger partial charge < -0.3 is 24.4 Å². The van der Waals surface area contributed by atoms with Crippen LogP contribution in [0.25, 0.3) is 0 Å². The van der Waals surface area contributed by atoms with Crippen molar-refractivity contribution < 1.29 is 34.0 Å². The number of esters is 2. The fourth-order valence-corrected chi connectivity index (χ4v) is 1.82. The summed E-state index contributed by atoms with van der Waals surface area (Å²) in [5, 5.41) is 17.7. The maximum absolute atomic E-state index is 11.5. The molecular formula is C18H34O7. The molecule has 0 aromatic heterocycles. The zero-order valence-corrected chi connectivity index (χ0v) is 15.6. The number of carbonyl (C=O) groups is 2. The third kappa shape index (κ3) is 16.1. The standard InChI is InChI=1S/C18H34O7/c1-18(2,14-20)15-23-11-7-13-25-17(22)9-4-6-12-24-16(21)8-3-5-10-19/h19-20H,3-15H2,1-2H3. The van der Waals surface area contributed by atoms with Gasteiger partial charge in [-0.3, -0.25) is 9.59 Å². The maximum atomic E-state index is 11.5. The van der Waals surface area contributed by atoms with Crippen LogP contribution in [0, 0.1) is 5.41 Å². The molecule has 0 bridgehead atoms. The minimum absolute atomic E-state index is 0.0694. The molecule has 2 N–H and O–H groups in total. The minimum Gasteiger partial charge on any atom is -0.466 e. The highest BCUT2D eigenvalue weighted by Crippen LogP contribution is 2.13. The highest BCUT2D eigenvalue weighted by Gasteiger charge is 2.16. The van der Waals surface area contributed by atoms with E-state index in [0.717, 1.165) is 0 Å². The van der Waals surface area contributed by atoms with Crippen LogP contribution in [0.5, 0.6) is 0 Å². The molecule has 7 nitrogen and oxygen atoms in total. The number of hydrogen-bond acceptors (Lipinski definition) is 7. The first-order chi connectivity index (χ1) is 11.9. The highest BCUT2D eigenvalue weighted by molar-refractivity contribution is 5.69. The molecule has 0 unspecified atom stereocenters.